The number of benzene rings is 2. The number of hydrogen-bond donors (Lipinski definition) is 0. The summed E-state index contributed by atoms with van der Waals surface area (Å²) in [7, 11) is 2.14. The molecule has 0 radical (unpaired) electrons. The van der Waals surface area contributed by atoms with E-state index in [-0.39, 0.29) is 23.0 Å². The molecule has 5 rings (SSSR count). The zero-order valence-corrected chi connectivity index (χ0v) is 17.6. The van der Waals surface area contributed by atoms with Crippen molar-refractivity contribution in [3.05, 3.63) is 90.6 Å². The summed E-state index contributed by atoms with van der Waals surface area (Å²) in [5, 5.41) is 0. The fourth-order valence-corrected chi connectivity index (χ4v) is 3.94. The Kier molecular flexibility index (Phi) is 4.82. The van der Waals surface area contributed by atoms with E-state index in [1.807, 2.05) is 0 Å². The number of pyridine rings is 1. The molecule has 0 fully saturated rings. The maximum Gasteiger partial charge on any atom is 0.145 e. The molecule has 0 N–H and O–H groups in total. The van der Waals surface area contributed by atoms with Gasteiger partial charge in [-0.3, -0.25) is 0 Å². The minimum absolute atomic E-state index is 0. The Hall–Kier alpha value is -2.85. The molecule has 1 aliphatic heterocycles. The van der Waals surface area contributed by atoms with E-state index in [0.717, 1.165) is 22.6 Å². The number of aromatic nitrogens is 1. The quantitative estimate of drug-likeness (QED) is 0.372. The van der Waals surface area contributed by atoms with Crippen LogP contribution in [0.3, 0.4) is 0 Å². The van der Waals surface area contributed by atoms with Crippen molar-refractivity contribution < 1.29 is 0 Å². The lowest BCUT2D eigenvalue weighted by atomic mass is 10.1. The zero-order valence-electron chi connectivity index (χ0n) is 15.9. The highest BCUT2D eigenvalue weighted by Gasteiger charge is 2.29. The molecule has 4 heteroatoms. The predicted octanol–water partition coefficient (Wildman–Crippen LogP) is 6.14. The molecule has 4 aromatic rings. The normalized spacial score (nSPS) is 17.0. The van der Waals surface area contributed by atoms with Gasteiger partial charge in [-0.05, 0) is 36.8 Å². The zero-order chi connectivity index (χ0) is 18.4. The van der Waals surface area contributed by atoms with Crippen LogP contribution in [-0.2, 0) is 0 Å². The maximum atomic E-state index is 5.23. The van der Waals surface area contributed by atoms with Gasteiger partial charge in [0, 0.05) is 35.6 Å². The van der Waals surface area contributed by atoms with Gasteiger partial charge in [0.1, 0.15) is 5.82 Å². The first-order valence-electron chi connectivity index (χ1n) is 9.30. The topological polar surface area (TPSA) is 20.0 Å². The van der Waals surface area contributed by atoms with Gasteiger partial charge in [-0.25, -0.2) is 4.99 Å². The summed E-state index contributed by atoms with van der Waals surface area (Å²) in [6.45, 7) is 2.22. The summed E-state index contributed by atoms with van der Waals surface area (Å²) in [4.78, 5) is 7.53. The first kappa shape index (κ1) is 18.5. The van der Waals surface area contributed by atoms with Crippen LogP contribution in [0.15, 0.2) is 90.1 Å². The van der Waals surface area contributed by atoms with E-state index in [9.17, 15) is 0 Å². The number of para-hydroxylation sites is 1. The molecule has 0 aliphatic carbocycles. The van der Waals surface area contributed by atoms with Gasteiger partial charge >= 0.3 is 0 Å². The lowest BCUT2D eigenvalue weighted by Gasteiger charge is -2.18. The number of hydrogen-bond acceptors (Lipinski definition) is 2. The Balaban J connectivity index is 0.00000192. The van der Waals surface area contributed by atoms with Gasteiger partial charge in [0.15, 0.2) is 0 Å². The van der Waals surface area contributed by atoms with Crippen LogP contribution in [-0.4, -0.2) is 23.2 Å². The minimum Gasteiger partial charge on any atom is -0.366 e. The molecule has 2 aromatic heterocycles. The fraction of sp³-hybridized carbons (Fsp3) is 0.125. The van der Waals surface area contributed by atoms with Gasteiger partial charge < -0.3 is 9.30 Å². The summed E-state index contributed by atoms with van der Waals surface area (Å²) in [6, 6.07) is 27.8. The van der Waals surface area contributed by atoms with Gasteiger partial charge in [0.2, 0.25) is 0 Å². The first-order valence-corrected chi connectivity index (χ1v) is 9.30. The van der Waals surface area contributed by atoms with Gasteiger partial charge in [-0.2, -0.15) is 0 Å². The van der Waals surface area contributed by atoms with E-state index in [1.165, 1.54) is 16.8 Å². The summed E-state index contributed by atoms with van der Waals surface area (Å²) in [5.41, 5.74) is 7.08. The van der Waals surface area contributed by atoms with Gasteiger partial charge in [0.25, 0.3) is 0 Å². The number of likely N-dealkylation sites (N-methyl/N-ethyl adjacent to an activating group) is 1. The van der Waals surface area contributed by atoms with Crippen LogP contribution < -0.4 is 4.90 Å². The monoisotopic (exact) mass is 431 g/mol. The molecule has 0 bridgehead atoms. The highest BCUT2D eigenvalue weighted by molar-refractivity contribution is 8.93. The molecular weight excluding hydrogens is 410 g/mol. The summed E-state index contributed by atoms with van der Waals surface area (Å²) in [6.07, 6.45) is 2.09. The van der Waals surface area contributed by atoms with Crippen LogP contribution in [0.2, 0.25) is 0 Å². The van der Waals surface area contributed by atoms with E-state index in [2.05, 4.69) is 108 Å². The van der Waals surface area contributed by atoms with E-state index in [4.69, 9.17) is 4.99 Å². The molecule has 3 nitrogen and oxygen atoms in total. The van der Waals surface area contributed by atoms with Crippen molar-refractivity contribution >= 4 is 39.7 Å². The SMILES string of the molecule is Br.CC1/C(=N\c2c(-c3ccccc3)cc3ccccn23)c2ccccc2N1C. The Morgan fingerprint density at radius 1 is 0.821 bits per heavy atom. The van der Waals surface area contributed by atoms with Crippen LogP contribution >= 0.6 is 17.0 Å². The lowest BCUT2D eigenvalue weighted by molar-refractivity contribution is 0.887. The van der Waals surface area contributed by atoms with Gasteiger partial charge in [-0.15, -0.1) is 17.0 Å². The largest absolute Gasteiger partial charge is 0.366 e. The van der Waals surface area contributed by atoms with Crippen LogP contribution in [0.1, 0.15) is 12.5 Å². The number of fused-ring (bicyclic) bond motifs is 2. The number of nitrogens with zero attached hydrogens (tertiary/aromatic N) is 3. The second-order valence-corrected chi connectivity index (χ2v) is 7.04. The van der Waals surface area contributed by atoms with Crippen molar-refractivity contribution in [2.24, 2.45) is 4.99 Å². The second-order valence-electron chi connectivity index (χ2n) is 7.04. The highest BCUT2D eigenvalue weighted by Crippen LogP contribution is 2.37. The first-order chi connectivity index (χ1) is 13.2. The Labute approximate surface area is 175 Å². The molecule has 3 heterocycles. The van der Waals surface area contributed by atoms with Crippen molar-refractivity contribution in [1.82, 2.24) is 4.40 Å². The number of anilines is 1. The maximum absolute atomic E-state index is 5.23. The molecule has 1 aliphatic rings. The molecule has 1 unspecified atom stereocenters. The summed E-state index contributed by atoms with van der Waals surface area (Å²) < 4.78 is 2.18. The molecule has 0 saturated carbocycles. The molecule has 0 spiro atoms. The molecule has 2 aromatic carbocycles. The second kappa shape index (κ2) is 7.28. The van der Waals surface area contributed by atoms with E-state index in [0.29, 0.717) is 0 Å². The van der Waals surface area contributed by atoms with Crippen molar-refractivity contribution in [1.29, 1.82) is 0 Å². The Morgan fingerprint density at radius 3 is 2.36 bits per heavy atom. The van der Waals surface area contributed by atoms with Gasteiger partial charge in [0.05, 0.1) is 11.8 Å². The van der Waals surface area contributed by atoms with Crippen molar-refractivity contribution in [3.8, 4) is 11.1 Å². The van der Waals surface area contributed by atoms with E-state index < -0.39 is 0 Å². The molecule has 0 amide bonds. The van der Waals surface area contributed by atoms with Crippen LogP contribution in [0, 0.1) is 0 Å². The third-order valence-corrected chi connectivity index (χ3v) is 5.50. The van der Waals surface area contributed by atoms with Crippen molar-refractivity contribution in [3.63, 3.8) is 0 Å². The summed E-state index contributed by atoms with van der Waals surface area (Å²) >= 11 is 0. The predicted molar refractivity (Wildman–Crippen MR) is 124 cm³/mol. The Morgan fingerprint density at radius 2 is 1.54 bits per heavy atom. The van der Waals surface area contributed by atoms with Crippen LogP contribution in [0.4, 0.5) is 11.5 Å². The average Bonchev–Trinajstić information content (AvgIpc) is 3.20. The van der Waals surface area contributed by atoms with Crippen molar-refractivity contribution in [2.45, 2.75) is 13.0 Å². The van der Waals surface area contributed by atoms with Crippen molar-refractivity contribution in [2.75, 3.05) is 11.9 Å². The number of halogens is 1. The fourth-order valence-electron chi connectivity index (χ4n) is 3.94. The molecule has 1 atom stereocenters. The molecule has 140 valence electrons. The van der Waals surface area contributed by atoms with Crippen LogP contribution in [0.25, 0.3) is 16.6 Å². The lowest BCUT2D eigenvalue weighted by Crippen LogP contribution is -2.28. The molecule has 0 saturated heterocycles. The number of aliphatic imine (C=N–C) groups is 1. The third-order valence-electron chi connectivity index (χ3n) is 5.50. The molecular formula is C24H22BrN3. The summed E-state index contributed by atoms with van der Waals surface area (Å²) in [5.74, 6) is 0.990. The smallest absolute Gasteiger partial charge is 0.145 e. The average molecular weight is 432 g/mol. The van der Waals surface area contributed by atoms with Crippen LogP contribution in [0.5, 0.6) is 0 Å². The van der Waals surface area contributed by atoms with E-state index in [1.54, 1.807) is 0 Å². The third kappa shape index (κ3) is 2.85. The minimum atomic E-state index is 0. The van der Waals surface area contributed by atoms with Gasteiger partial charge in [-0.1, -0.05) is 54.6 Å². The number of rotatable bonds is 2. The Bertz CT molecular complexity index is 1160. The highest BCUT2D eigenvalue weighted by atomic mass is 79.9. The van der Waals surface area contributed by atoms with E-state index >= 15 is 0 Å². The standard InChI is InChI=1S/C24H21N3.BrH/c1-17-23(20-13-6-7-14-22(20)26(17)2)25-24-21(18-10-4-3-5-11-18)16-19-12-8-9-15-27(19)24;/h3-17H,1-2H3;1H/b25-23+;. The molecule has 28 heavy (non-hydrogen) atoms.